The number of pyridine rings is 1. The Bertz CT molecular complexity index is 1070. The van der Waals surface area contributed by atoms with Gasteiger partial charge in [0.2, 0.25) is 0 Å². The number of alkyl halides is 3. The quantitative estimate of drug-likeness (QED) is 0.613. The highest BCUT2D eigenvalue weighted by atomic mass is 19.4. The first-order valence-corrected chi connectivity index (χ1v) is 9.69. The monoisotopic (exact) mass is 428 g/mol. The summed E-state index contributed by atoms with van der Waals surface area (Å²) in [5.74, 6) is 0.687. The number of hydrogen-bond donors (Lipinski definition) is 2. The van der Waals surface area contributed by atoms with Crippen LogP contribution in [0, 0.1) is 0 Å². The fourth-order valence-corrected chi connectivity index (χ4v) is 3.27. The molecule has 160 valence electrons. The Morgan fingerprint density at radius 2 is 2.00 bits per heavy atom. The number of benzene rings is 1. The van der Waals surface area contributed by atoms with Gasteiger partial charge in [0.25, 0.3) is 0 Å². The number of carbonyl (C=O) groups excluding carboxylic acids is 1. The van der Waals surface area contributed by atoms with E-state index in [4.69, 9.17) is 0 Å². The molecule has 0 unspecified atom stereocenters. The number of halogens is 3. The van der Waals surface area contributed by atoms with Crippen molar-refractivity contribution in [3.05, 3.63) is 60.6 Å². The van der Waals surface area contributed by atoms with Gasteiger partial charge in [-0.05, 0) is 43.2 Å². The fourth-order valence-electron chi connectivity index (χ4n) is 3.27. The zero-order valence-corrected chi connectivity index (χ0v) is 16.4. The molecular weight excluding hydrogens is 409 g/mol. The van der Waals surface area contributed by atoms with E-state index in [1.54, 1.807) is 24.3 Å². The van der Waals surface area contributed by atoms with Gasteiger partial charge in [-0.15, -0.1) is 0 Å². The van der Waals surface area contributed by atoms with E-state index in [-0.39, 0.29) is 0 Å². The lowest BCUT2D eigenvalue weighted by molar-refractivity contribution is -0.137. The molecule has 0 spiro atoms. The SMILES string of the molecule is O=C(Nc1ccncn1)N1CCCCNc2ccc(-c3cccc(C(F)(F)F)c3)nc21. The Morgan fingerprint density at radius 3 is 2.77 bits per heavy atom. The second-order valence-electron chi connectivity index (χ2n) is 6.96. The summed E-state index contributed by atoms with van der Waals surface area (Å²) >= 11 is 0. The maximum atomic E-state index is 13.1. The van der Waals surface area contributed by atoms with Crippen LogP contribution < -0.4 is 15.5 Å². The number of anilines is 3. The van der Waals surface area contributed by atoms with Gasteiger partial charge in [-0.3, -0.25) is 10.2 Å². The Kier molecular flexibility index (Phi) is 5.70. The summed E-state index contributed by atoms with van der Waals surface area (Å²) in [7, 11) is 0. The normalized spacial score (nSPS) is 14.1. The first kappa shape index (κ1) is 20.6. The molecule has 0 radical (unpaired) electrons. The van der Waals surface area contributed by atoms with Crippen molar-refractivity contribution in [1.82, 2.24) is 15.0 Å². The molecule has 3 heterocycles. The van der Waals surface area contributed by atoms with Crippen LogP contribution in [0.25, 0.3) is 11.3 Å². The van der Waals surface area contributed by atoms with E-state index in [2.05, 4.69) is 25.6 Å². The summed E-state index contributed by atoms with van der Waals surface area (Å²) in [6.45, 7) is 1.11. The summed E-state index contributed by atoms with van der Waals surface area (Å²) in [6, 6.07) is 9.47. The number of nitrogens with zero attached hydrogens (tertiary/aromatic N) is 4. The van der Waals surface area contributed by atoms with Gasteiger partial charge in [0, 0.05) is 24.8 Å². The molecule has 0 fully saturated rings. The van der Waals surface area contributed by atoms with Crippen LogP contribution in [0.4, 0.5) is 35.3 Å². The van der Waals surface area contributed by atoms with Crippen molar-refractivity contribution in [1.29, 1.82) is 0 Å². The lowest BCUT2D eigenvalue weighted by Crippen LogP contribution is -2.38. The minimum Gasteiger partial charge on any atom is -0.382 e. The molecule has 31 heavy (non-hydrogen) atoms. The van der Waals surface area contributed by atoms with Crippen molar-refractivity contribution < 1.29 is 18.0 Å². The molecule has 2 N–H and O–H groups in total. The van der Waals surface area contributed by atoms with Gasteiger partial charge in [0.1, 0.15) is 12.1 Å². The summed E-state index contributed by atoms with van der Waals surface area (Å²) in [5.41, 5.74) is 0.534. The molecule has 3 aromatic rings. The van der Waals surface area contributed by atoms with Crippen LogP contribution in [0.15, 0.2) is 55.0 Å². The van der Waals surface area contributed by atoms with Crippen LogP contribution >= 0.6 is 0 Å². The van der Waals surface area contributed by atoms with Crippen molar-refractivity contribution in [3.8, 4) is 11.3 Å². The highest BCUT2D eigenvalue weighted by molar-refractivity contribution is 6.02. The molecule has 2 amide bonds. The average molecular weight is 428 g/mol. The highest BCUT2D eigenvalue weighted by Gasteiger charge is 2.30. The van der Waals surface area contributed by atoms with Crippen molar-refractivity contribution in [2.45, 2.75) is 19.0 Å². The summed E-state index contributed by atoms with van der Waals surface area (Å²) in [6.07, 6.45) is -0.0337. The van der Waals surface area contributed by atoms with Gasteiger partial charge in [-0.1, -0.05) is 12.1 Å². The standard InChI is InChI=1S/C21H19F3N6O/c22-21(23,24)15-5-3-4-14(12-15)16-6-7-17-19(28-16)30(11-2-1-9-26-17)20(31)29-18-8-10-25-13-27-18/h3-8,10,12-13,26H,1-2,9,11H2,(H,25,27,29,31). The van der Waals surface area contributed by atoms with E-state index in [1.807, 2.05) is 0 Å². The minimum atomic E-state index is -4.45. The number of hydrogen-bond acceptors (Lipinski definition) is 5. The minimum absolute atomic E-state index is 0.316. The molecule has 0 aliphatic carbocycles. The Labute approximate surface area is 176 Å². The summed E-state index contributed by atoms with van der Waals surface area (Å²) in [4.78, 5) is 26.8. The fraction of sp³-hybridized carbons (Fsp3) is 0.238. The van der Waals surface area contributed by atoms with Gasteiger partial charge >= 0.3 is 12.2 Å². The van der Waals surface area contributed by atoms with Crippen LogP contribution in [0.5, 0.6) is 0 Å². The lowest BCUT2D eigenvalue weighted by Gasteiger charge is -2.27. The van der Waals surface area contributed by atoms with Crippen LogP contribution in [-0.2, 0) is 6.18 Å². The van der Waals surface area contributed by atoms with Crippen molar-refractivity contribution in [3.63, 3.8) is 0 Å². The van der Waals surface area contributed by atoms with Crippen molar-refractivity contribution in [2.24, 2.45) is 0 Å². The highest BCUT2D eigenvalue weighted by Crippen LogP contribution is 2.34. The van der Waals surface area contributed by atoms with E-state index < -0.39 is 17.8 Å². The number of nitrogens with one attached hydrogen (secondary N) is 2. The van der Waals surface area contributed by atoms with Crippen LogP contribution in [-0.4, -0.2) is 34.1 Å². The van der Waals surface area contributed by atoms with Crippen LogP contribution in [0.3, 0.4) is 0 Å². The molecule has 0 saturated carbocycles. The molecule has 1 aromatic carbocycles. The number of rotatable bonds is 2. The third-order valence-electron chi connectivity index (χ3n) is 4.80. The number of urea groups is 1. The van der Waals surface area contributed by atoms with Gasteiger partial charge in [-0.2, -0.15) is 13.2 Å². The Balaban J connectivity index is 1.71. The molecule has 0 bridgehead atoms. The number of carbonyl (C=O) groups is 1. The third-order valence-corrected chi connectivity index (χ3v) is 4.80. The van der Waals surface area contributed by atoms with Gasteiger partial charge < -0.3 is 5.32 Å². The molecule has 1 aliphatic rings. The Morgan fingerprint density at radius 1 is 1.13 bits per heavy atom. The molecule has 2 aromatic heterocycles. The maximum absolute atomic E-state index is 13.1. The largest absolute Gasteiger partial charge is 0.416 e. The summed E-state index contributed by atoms with van der Waals surface area (Å²) in [5, 5.41) is 5.95. The second kappa shape index (κ2) is 8.58. The van der Waals surface area contributed by atoms with Crippen molar-refractivity contribution in [2.75, 3.05) is 28.6 Å². The summed E-state index contributed by atoms with van der Waals surface area (Å²) < 4.78 is 39.4. The van der Waals surface area contributed by atoms with Gasteiger partial charge in [0.15, 0.2) is 5.82 Å². The zero-order valence-electron chi connectivity index (χ0n) is 16.4. The van der Waals surface area contributed by atoms with Gasteiger partial charge in [0.05, 0.1) is 16.9 Å². The first-order valence-electron chi connectivity index (χ1n) is 9.69. The molecule has 10 heteroatoms. The van der Waals surface area contributed by atoms with Crippen LogP contribution in [0.2, 0.25) is 0 Å². The molecule has 4 rings (SSSR count). The van der Waals surface area contributed by atoms with E-state index in [1.165, 1.54) is 23.5 Å². The topological polar surface area (TPSA) is 83.0 Å². The molecular formula is C21H19F3N6O. The third kappa shape index (κ3) is 4.73. The van der Waals surface area contributed by atoms with E-state index in [9.17, 15) is 18.0 Å². The molecule has 1 aliphatic heterocycles. The molecule has 7 nitrogen and oxygen atoms in total. The predicted molar refractivity (Wildman–Crippen MR) is 111 cm³/mol. The van der Waals surface area contributed by atoms with Crippen LogP contribution in [0.1, 0.15) is 18.4 Å². The predicted octanol–water partition coefficient (Wildman–Crippen LogP) is 4.80. The number of aromatic nitrogens is 3. The first-order chi connectivity index (χ1) is 14.9. The number of fused-ring (bicyclic) bond motifs is 1. The zero-order chi connectivity index (χ0) is 21.8. The molecule has 0 saturated heterocycles. The van der Waals surface area contributed by atoms with Gasteiger partial charge in [-0.25, -0.2) is 19.7 Å². The maximum Gasteiger partial charge on any atom is 0.416 e. The van der Waals surface area contributed by atoms with E-state index >= 15 is 0 Å². The second-order valence-corrected chi connectivity index (χ2v) is 6.96. The molecule has 0 atom stereocenters. The lowest BCUT2D eigenvalue weighted by atomic mass is 10.1. The van der Waals surface area contributed by atoms with Crippen molar-refractivity contribution >= 4 is 23.4 Å². The van der Waals surface area contributed by atoms with E-state index in [0.29, 0.717) is 41.7 Å². The smallest absolute Gasteiger partial charge is 0.382 e. The van der Waals surface area contributed by atoms with E-state index in [0.717, 1.165) is 25.0 Å². The Hall–Kier alpha value is -3.69. The number of amides is 2. The average Bonchev–Trinajstić information content (AvgIpc) is 2.74.